The fraction of sp³-hybridized carbons (Fsp3) is 0.200. The molecule has 0 atom stereocenters. The summed E-state index contributed by atoms with van der Waals surface area (Å²) in [6.45, 7) is 4.29. The lowest BCUT2D eigenvalue weighted by molar-refractivity contribution is 0.0871. The van der Waals surface area contributed by atoms with Gasteiger partial charge in [-0.3, -0.25) is 10.00 Å². The second-order valence-corrected chi connectivity index (χ2v) is 9.12. The van der Waals surface area contributed by atoms with Gasteiger partial charge in [0.15, 0.2) is 5.82 Å². The number of H-pyrrole nitrogens is 1. The Kier molecular flexibility index (Phi) is 4.48. The summed E-state index contributed by atoms with van der Waals surface area (Å²) in [5.74, 6) is 0.594. The molecule has 2 aromatic heterocycles. The van der Waals surface area contributed by atoms with Crippen molar-refractivity contribution in [2.75, 3.05) is 16.8 Å². The van der Waals surface area contributed by atoms with Gasteiger partial charge >= 0.3 is 6.09 Å². The number of cyclic esters (lactones) is 1. The minimum Gasteiger partial charge on any atom is -0.441 e. The summed E-state index contributed by atoms with van der Waals surface area (Å²) in [6, 6.07) is 11.5. The number of nitrogens with zero attached hydrogens (tertiary/aromatic N) is 4. The zero-order chi connectivity index (χ0) is 20.9. The Morgan fingerprint density at radius 3 is 2.97 bits per heavy atom. The fourth-order valence-corrected chi connectivity index (χ4v) is 4.51. The topological polar surface area (TPSA) is 96.0 Å². The van der Waals surface area contributed by atoms with E-state index in [2.05, 4.69) is 40.8 Å². The molecule has 0 unspecified atom stereocenters. The number of aromatic nitrogens is 4. The minimum atomic E-state index is -0.507. The van der Waals surface area contributed by atoms with Crippen LogP contribution in [-0.4, -0.2) is 37.8 Å². The Morgan fingerprint density at radius 1 is 1.30 bits per heavy atom. The van der Waals surface area contributed by atoms with E-state index in [4.69, 9.17) is 4.74 Å². The molecule has 0 spiro atoms. The highest BCUT2D eigenvalue weighted by molar-refractivity contribution is 9.10. The van der Waals surface area contributed by atoms with Gasteiger partial charge in [0, 0.05) is 28.2 Å². The molecule has 0 saturated carbocycles. The molecule has 8 nitrogen and oxygen atoms in total. The number of aromatic amines is 1. The van der Waals surface area contributed by atoms with Crippen molar-refractivity contribution in [3.05, 3.63) is 47.1 Å². The normalized spacial score (nSPS) is 15.6. The molecule has 1 aliphatic heterocycles. The van der Waals surface area contributed by atoms with Gasteiger partial charge in [-0.1, -0.05) is 12.1 Å². The van der Waals surface area contributed by atoms with E-state index >= 15 is 0 Å². The summed E-state index contributed by atoms with van der Waals surface area (Å²) in [5, 5.41) is 12.0. The van der Waals surface area contributed by atoms with Crippen LogP contribution in [-0.2, 0) is 4.74 Å². The second-order valence-electron chi connectivity index (χ2n) is 7.57. The average molecular weight is 485 g/mol. The fourth-order valence-electron chi connectivity index (χ4n) is 3.36. The number of fused-ring (bicyclic) bond motifs is 1. The molecule has 0 aliphatic carbocycles. The van der Waals surface area contributed by atoms with E-state index < -0.39 is 5.60 Å². The number of hydrogen-bond acceptors (Lipinski definition) is 7. The van der Waals surface area contributed by atoms with E-state index in [0.29, 0.717) is 17.5 Å². The van der Waals surface area contributed by atoms with E-state index in [9.17, 15) is 4.79 Å². The van der Waals surface area contributed by atoms with E-state index in [1.807, 2.05) is 50.2 Å². The third-order valence-corrected chi connectivity index (χ3v) is 6.25. The maximum absolute atomic E-state index is 12.2. The Labute approximate surface area is 184 Å². The lowest BCUT2D eigenvalue weighted by Gasteiger charge is -2.16. The third kappa shape index (κ3) is 3.41. The first kappa shape index (κ1) is 19.0. The summed E-state index contributed by atoms with van der Waals surface area (Å²) < 4.78 is 10.8. The monoisotopic (exact) mass is 484 g/mol. The minimum absolute atomic E-state index is 0.342. The largest absolute Gasteiger partial charge is 0.441 e. The molecule has 1 saturated heterocycles. The molecule has 2 aromatic carbocycles. The van der Waals surface area contributed by atoms with E-state index in [-0.39, 0.29) is 6.09 Å². The van der Waals surface area contributed by atoms with Crippen LogP contribution in [0.3, 0.4) is 0 Å². The van der Waals surface area contributed by atoms with Crippen LogP contribution in [0.5, 0.6) is 0 Å². The summed E-state index contributed by atoms with van der Waals surface area (Å²) in [4.78, 5) is 18.5. The lowest BCUT2D eigenvalue weighted by Crippen LogP contribution is -2.28. The highest BCUT2D eigenvalue weighted by Crippen LogP contribution is 2.34. The van der Waals surface area contributed by atoms with Crippen molar-refractivity contribution in [2.45, 2.75) is 19.4 Å². The number of carbonyl (C=O) groups excluding carboxylic acids is 1. The van der Waals surface area contributed by atoms with Gasteiger partial charge in [0.1, 0.15) is 5.60 Å². The van der Waals surface area contributed by atoms with Crippen molar-refractivity contribution in [3.8, 4) is 11.4 Å². The molecule has 1 aliphatic rings. The number of halogens is 1. The van der Waals surface area contributed by atoms with Crippen molar-refractivity contribution >= 4 is 61.0 Å². The number of benzene rings is 2. The van der Waals surface area contributed by atoms with Crippen LogP contribution in [0.4, 0.5) is 21.3 Å². The van der Waals surface area contributed by atoms with Crippen LogP contribution in [0, 0.1) is 0 Å². The van der Waals surface area contributed by atoms with Crippen LogP contribution in [0.25, 0.3) is 22.3 Å². The van der Waals surface area contributed by atoms with Gasteiger partial charge in [-0.15, -0.1) is 0 Å². The van der Waals surface area contributed by atoms with Crippen LogP contribution < -0.4 is 10.2 Å². The van der Waals surface area contributed by atoms with Crippen molar-refractivity contribution in [3.63, 3.8) is 0 Å². The number of hydrogen-bond donors (Lipinski definition) is 2. The number of carbonyl (C=O) groups is 1. The van der Waals surface area contributed by atoms with Crippen LogP contribution in [0.15, 0.2) is 47.1 Å². The average Bonchev–Trinajstić information content (AvgIpc) is 3.43. The van der Waals surface area contributed by atoms with Gasteiger partial charge in [0.25, 0.3) is 0 Å². The predicted octanol–water partition coefficient (Wildman–Crippen LogP) is 5.32. The SMILES string of the molecule is CC1(C)CN(c2cccc(-c3nsc(Nc4ccc5[nH]ncc5c4Br)n3)c2)C(=O)O1. The van der Waals surface area contributed by atoms with Gasteiger partial charge in [-0.2, -0.15) is 14.5 Å². The quantitative estimate of drug-likeness (QED) is 0.406. The van der Waals surface area contributed by atoms with Gasteiger partial charge < -0.3 is 10.1 Å². The van der Waals surface area contributed by atoms with Crippen molar-refractivity contribution < 1.29 is 9.53 Å². The smallest absolute Gasteiger partial charge is 0.415 e. The molecule has 1 fully saturated rings. The lowest BCUT2D eigenvalue weighted by atomic mass is 10.1. The first-order valence-electron chi connectivity index (χ1n) is 9.23. The molecule has 0 radical (unpaired) electrons. The number of ether oxygens (including phenoxy) is 1. The van der Waals surface area contributed by atoms with Crippen LogP contribution >= 0.6 is 27.5 Å². The Morgan fingerprint density at radius 2 is 2.17 bits per heavy atom. The molecule has 4 aromatic rings. The second kappa shape index (κ2) is 7.06. The van der Waals surface area contributed by atoms with Crippen molar-refractivity contribution in [1.29, 1.82) is 0 Å². The first-order chi connectivity index (χ1) is 14.4. The van der Waals surface area contributed by atoms with Gasteiger partial charge in [-0.05, 0) is 54.0 Å². The maximum atomic E-state index is 12.2. The number of amides is 1. The first-order valence-corrected chi connectivity index (χ1v) is 10.8. The Bertz CT molecular complexity index is 1270. The summed E-state index contributed by atoms with van der Waals surface area (Å²) in [5.41, 5.74) is 2.92. The molecule has 2 N–H and O–H groups in total. The van der Waals surface area contributed by atoms with Gasteiger partial charge in [-0.25, -0.2) is 4.79 Å². The molecule has 3 heterocycles. The van der Waals surface area contributed by atoms with E-state index in [0.717, 1.165) is 32.3 Å². The molecule has 5 rings (SSSR count). The van der Waals surface area contributed by atoms with Crippen LogP contribution in [0.1, 0.15) is 13.8 Å². The maximum Gasteiger partial charge on any atom is 0.415 e. The third-order valence-electron chi connectivity index (χ3n) is 4.76. The summed E-state index contributed by atoms with van der Waals surface area (Å²) in [7, 11) is 0. The molecule has 10 heteroatoms. The standard InChI is InChI=1S/C20H17BrN6O2S/c1-20(2)10-27(19(28)29-20)12-5-3-4-11(8-12)17-24-18(30-26-17)23-15-7-6-14-13(16(15)21)9-22-25-14/h3-9H,10H2,1-2H3,(H,22,25)(H,23,24,26). The molecular weight excluding hydrogens is 468 g/mol. The zero-order valence-electron chi connectivity index (χ0n) is 16.1. The Balaban J connectivity index is 1.40. The van der Waals surface area contributed by atoms with E-state index in [1.54, 1.807) is 11.1 Å². The molecular formula is C20H17BrN6O2S. The Hall–Kier alpha value is -2.98. The molecule has 1 amide bonds. The van der Waals surface area contributed by atoms with Gasteiger partial charge in [0.05, 0.1) is 28.4 Å². The van der Waals surface area contributed by atoms with Crippen molar-refractivity contribution in [1.82, 2.24) is 19.6 Å². The van der Waals surface area contributed by atoms with Crippen molar-refractivity contribution in [2.24, 2.45) is 0 Å². The highest BCUT2D eigenvalue weighted by Gasteiger charge is 2.38. The zero-order valence-corrected chi connectivity index (χ0v) is 18.5. The van der Waals surface area contributed by atoms with E-state index in [1.165, 1.54) is 11.5 Å². The highest BCUT2D eigenvalue weighted by atomic mass is 79.9. The van der Waals surface area contributed by atoms with Gasteiger partial charge in [0.2, 0.25) is 5.13 Å². The number of nitrogens with one attached hydrogen (secondary N) is 2. The predicted molar refractivity (Wildman–Crippen MR) is 120 cm³/mol. The molecule has 152 valence electrons. The summed E-state index contributed by atoms with van der Waals surface area (Å²) >= 11 is 4.89. The molecule has 0 bridgehead atoms. The number of rotatable bonds is 4. The molecule has 30 heavy (non-hydrogen) atoms. The summed E-state index contributed by atoms with van der Waals surface area (Å²) in [6.07, 6.45) is 1.43. The van der Waals surface area contributed by atoms with Crippen LogP contribution in [0.2, 0.25) is 0 Å². The number of anilines is 3.